The van der Waals surface area contributed by atoms with Crippen molar-refractivity contribution in [3.05, 3.63) is 88.0 Å². The molecule has 1 amide bonds. The molecule has 2 heterocycles. The van der Waals surface area contributed by atoms with E-state index in [4.69, 9.17) is 9.47 Å². The first-order valence-corrected chi connectivity index (χ1v) is 10.6. The third-order valence-electron chi connectivity index (χ3n) is 5.69. The molecular weight excluding hydrogens is 453 g/mol. The number of benzene rings is 3. The van der Waals surface area contributed by atoms with Crippen LogP contribution in [0.4, 0.5) is 4.39 Å². The van der Waals surface area contributed by atoms with Crippen LogP contribution in [-0.2, 0) is 6.54 Å². The van der Waals surface area contributed by atoms with E-state index in [1.165, 1.54) is 16.6 Å². The molecule has 0 aliphatic rings. The Balaban J connectivity index is 1.50. The lowest BCUT2D eigenvalue weighted by Gasteiger charge is -2.11. The SMILES string of the molecule is COc1ccc(CNC(=O)c2ccc3c(=O)nc4c(-c5ccccc5F)n[nH]n4c3c2)c(OC)c1. The van der Waals surface area contributed by atoms with Crippen molar-refractivity contribution in [2.75, 3.05) is 14.2 Å². The summed E-state index contributed by atoms with van der Waals surface area (Å²) in [5.41, 5.74) is 1.55. The van der Waals surface area contributed by atoms with Gasteiger partial charge in [-0.15, -0.1) is 0 Å². The number of nitrogens with one attached hydrogen (secondary N) is 2. The average molecular weight is 473 g/mol. The number of aromatic amines is 1. The van der Waals surface area contributed by atoms with Crippen LogP contribution in [0.5, 0.6) is 11.5 Å². The van der Waals surface area contributed by atoms with E-state index in [-0.39, 0.29) is 29.4 Å². The van der Waals surface area contributed by atoms with Crippen molar-refractivity contribution in [2.24, 2.45) is 0 Å². The minimum atomic E-state index is -0.506. The van der Waals surface area contributed by atoms with Gasteiger partial charge in [0.05, 0.1) is 25.1 Å². The van der Waals surface area contributed by atoms with Gasteiger partial charge in [0.2, 0.25) is 0 Å². The lowest BCUT2D eigenvalue weighted by Crippen LogP contribution is -2.23. The molecular formula is C25H20FN5O4. The van der Waals surface area contributed by atoms with E-state index >= 15 is 0 Å². The molecule has 0 saturated heterocycles. The zero-order chi connectivity index (χ0) is 24.5. The van der Waals surface area contributed by atoms with Crippen molar-refractivity contribution >= 4 is 22.5 Å². The number of nitrogens with zero attached hydrogens (tertiary/aromatic N) is 3. The van der Waals surface area contributed by atoms with Crippen LogP contribution in [0.3, 0.4) is 0 Å². The fourth-order valence-electron chi connectivity index (χ4n) is 3.88. The Morgan fingerprint density at radius 3 is 2.69 bits per heavy atom. The number of ether oxygens (including phenoxy) is 2. The van der Waals surface area contributed by atoms with Crippen molar-refractivity contribution in [3.8, 4) is 22.8 Å². The summed E-state index contributed by atoms with van der Waals surface area (Å²) in [6.07, 6.45) is 0. The van der Waals surface area contributed by atoms with Crippen LogP contribution in [0.1, 0.15) is 15.9 Å². The molecule has 0 aliphatic carbocycles. The van der Waals surface area contributed by atoms with E-state index in [1.54, 1.807) is 56.7 Å². The summed E-state index contributed by atoms with van der Waals surface area (Å²) in [6.45, 7) is 0.219. The molecule has 0 spiro atoms. The molecule has 0 aliphatic heterocycles. The second-order valence-corrected chi connectivity index (χ2v) is 7.71. The number of hydrogen-bond donors (Lipinski definition) is 2. The van der Waals surface area contributed by atoms with Gasteiger partial charge in [-0.1, -0.05) is 12.1 Å². The van der Waals surface area contributed by atoms with Crippen LogP contribution in [0.15, 0.2) is 65.5 Å². The molecule has 0 radical (unpaired) electrons. The van der Waals surface area contributed by atoms with E-state index in [0.29, 0.717) is 28.0 Å². The number of carbonyl (C=O) groups is 1. The molecule has 5 aromatic rings. The average Bonchev–Trinajstić information content (AvgIpc) is 3.30. The smallest absolute Gasteiger partial charge is 0.281 e. The molecule has 0 fully saturated rings. The van der Waals surface area contributed by atoms with Gasteiger partial charge in [0.1, 0.15) is 23.0 Å². The van der Waals surface area contributed by atoms with Crippen molar-refractivity contribution in [1.82, 2.24) is 25.1 Å². The minimum Gasteiger partial charge on any atom is -0.497 e. The molecule has 2 aromatic heterocycles. The molecule has 0 unspecified atom stereocenters. The Morgan fingerprint density at radius 2 is 1.91 bits per heavy atom. The van der Waals surface area contributed by atoms with Crippen molar-refractivity contribution in [2.45, 2.75) is 6.54 Å². The third kappa shape index (κ3) is 3.95. The van der Waals surface area contributed by atoms with Crippen LogP contribution in [0.25, 0.3) is 27.8 Å². The Morgan fingerprint density at radius 1 is 1.09 bits per heavy atom. The summed E-state index contributed by atoms with van der Waals surface area (Å²) < 4.78 is 26.4. The van der Waals surface area contributed by atoms with Crippen molar-refractivity contribution < 1.29 is 18.7 Å². The number of aromatic nitrogens is 4. The molecule has 3 aromatic carbocycles. The second-order valence-electron chi connectivity index (χ2n) is 7.71. The van der Waals surface area contributed by atoms with Gasteiger partial charge in [-0.2, -0.15) is 10.1 Å². The first kappa shape index (κ1) is 22.1. The van der Waals surface area contributed by atoms with Crippen LogP contribution in [-0.4, -0.2) is 39.9 Å². The highest BCUT2D eigenvalue weighted by Gasteiger charge is 2.18. The number of amides is 1. The van der Waals surface area contributed by atoms with Gasteiger partial charge in [-0.05, 0) is 42.5 Å². The standard InChI is InChI=1S/C25H20FN5O4/c1-34-16-9-7-15(21(12-16)35-2)13-27-24(32)14-8-10-18-20(11-14)31-23(28-25(18)33)22(29-30-31)17-5-3-4-6-19(17)26/h3-12,30H,13H2,1-2H3,(H,27,32). The first-order valence-electron chi connectivity index (χ1n) is 10.6. The highest BCUT2D eigenvalue weighted by molar-refractivity contribution is 5.98. The number of rotatable bonds is 6. The molecule has 0 saturated carbocycles. The minimum absolute atomic E-state index is 0.160. The van der Waals surface area contributed by atoms with Crippen molar-refractivity contribution in [1.29, 1.82) is 0 Å². The van der Waals surface area contributed by atoms with Gasteiger partial charge in [0, 0.05) is 29.3 Å². The molecule has 2 N–H and O–H groups in total. The summed E-state index contributed by atoms with van der Waals surface area (Å²) in [7, 11) is 3.10. The second kappa shape index (κ2) is 8.90. The van der Waals surface area contributed by atoms with Gasteiger partial charge in [0.15, 0.2) is 5.65 Å². The predicted molar refractivity (Wildman–Crippen MR) is 127 cm³/mol. The molecule has 35 heavy (non-hydrogen) atoms. The third-order valence-corrected chi connectivity index (χ3v) is 5.69. The van der Waals surface area contributed by atoms with Crippen LogP contribution < -0.4 is 20.3 Å². The summed E-state index contributed by atoms with van der Waals surface area (Å²) >= 11 is 0. The zero-order valence-electron chi connectivity index (χ0n) is 18.8. The topological polar surface area (TPSA) is 111 Å². The predicted octanol–water partition coefficient (Wildman–Crippen LogP) is 3.32. The highest BCUT2D eigenvalue weighted by Crippen LogP contribution is 2.26. The normalized spacial score (nSPS) is 11.1. The summed E-state index contributed by atoms with van der Waals surface area (Å²) in [4.78, 5) is 29.7. The Labute approximate surface area is 198 Å². The number of halogens is 1. The maximum atomic E-state index is 14.3. The molecule has 0 bridgehead atoms. The summed E-state index contributed by atoms with van der Waals surface area (Å²) in [6, 6.07) is 16.1. The van der Waals surface area contributed by atoms with Gasteiger partial charge < -0.3 is 14.8 Å². The molecule has 9 nitrogen and oxygen atoms in total. The van der Waals surface area contributed by atoms with Gasteiger partial charge in [-0.3, -0.25) is 9.59 Å². The van der Waals surface area contributed by atoms with Crippen LogP contribution in [0, 0.1) is 5.82 Å². The largest absolute Gasteiger partial charge is 0.497 e. The maximum Gasteiger partial charge on any atom is 0.281 e. The molecule has 0 atom stereocenters. The maximum absolute atomic E-state index is 14.3. The Bertz CT molecular complexity index is 1640. The number of fused-ring (bicyclic) bond motifs is 3. The van der Waals surface area contributed by atoms with Crippen LogP contribution in [0.2, 0.25) is 0 Å². The van der Waals surface area contributed by atoms with E-state index in [0.717, 1.165) is 5.56 Å². The molecule has 10 heteroatoms. The number of hydrogen-bond acceptors (Lipinski definition) is 6. The first-order chi connectivity index (χ1) is 17.0. The lowest BCUT2D eigenvalue weighted by atomic mass is 10.1. The lowest BCUT2D eigenvalue weighted by molar-refractivity contribution is 0.0951. The zero-order valence-corrected chi connectivity index (χ0v) is 18.8. The molecule has 5 rings (SSSR count). The fourth-order valence-corrected chi connectivity index (χ4v) is 3.88. The van der Waals surface area contributed by atoms with Crippen LogP contribution >= 0.6 is 0 Å². The summed E-state index contributed by atoms with van der Waals surface area (Å²) in [5, 5.41) is 10.1. The quantitative estimate of drug-likeness (QED) is 0.392. The van der Waals surface area contributed by atoms with E-state index < -0.39 is 11.4 Å². The highest BCUT2D eigenvalue weighted by atomic mass is 19.1. The Kier molecular flexibility index (Phi) is 5.61. The monoisotopic (exact) mass is 473 g/mol. The molecule has 176 valence electrons. The van der Waals surface area contributed by atoms with E-state index in [9.17, 15) is 14.0 Å². The van der Waals surface area contributed by atoms with Crippen molar-refractivity contribution in [3.63, 3.8) is 0 Å². The van der Waals surface area contributed by atoms with E-state index in [1.807, 2.05) is 6.07 Å². The van der Waals surface area contributed by atoms with E-state index in [2.05, 4.69) is 20.6 Å². The van der Waals surface area contributed by atoms with Gasteiger partial charge in [-0.25, -0.2) is 14.1 Å². The number of carbonyl (C=O) groups excluding carboxylic acids is 1. The fraction of sp³-hybridized carbons (Fsp3) is 0.120. The summed E-state index contributed by atoms with van der Waals surface area (Å²) in [5.74, 6) is 0.388. The number of H-pyrrole nitrogens is 1. The van der Waals surface area contributed by atoms with Gasteiger partial charge >= 0.3 is 0 Å². The number of methoxy groups -OCH3 is 2. The van der Waals surface area contributed by atoms with Gasteiger partial charge in [0.25, 0.3) is 11.5 Å². The Hall–Kier alpha value is -4.73.